The van der Waals surface area contributed by atoms with Crippen LogP contribution in [-0.2, 0) is 0 Å². The Kier molecular flexibility index (Phi) is 7.26. The highest BCUT2D eigenvalue weighted by atomic mass is 16.5. The highest BCUT2D eigenvalue weighted by Gasteiger charge is 2.19. The van der Waals surface area contributed by atoms with Gasteiger partial charge in [0.1, 0.15) is 11.6 Å². The molecule has 162 valence electrons. The number of aromatic nitrogens is 2. The minimum atomic E-state index is -0.182. The van der Waals surface area contributed by atoms with Gasteiger partial charge in [-0.1, -0.05) is 6.92 Å². The van der Waals surface area contributed by atoms with Crippen molar-refractivity contribution >= 4 is 5.91 Å². The van der Waals surface area contributed by atoms with Crippen molar-refractivity contribution in [3.63, 3.8) is 0 Å². The first-order chi connectivity index (χ1) is 14.4. The number of nitrogens with zero attached hydrogens (tertiary/aromatic N) is 3. The summed E-state index contributed by atoms with van der Waals surface area (Å²) in [6, 6.07) is 5.34. The Morgan fingerprint density at radius 2 is 2.00 bits per heavy atom. The molecule has 1 N–H and O–H groups in total. The number of amides is 1. The van der Waals surface area contributed by atoms with Crippen LogP contribution in [0.15, 0.2) is 23.0 Å². The SMILES string of the molecule is CCCOc1ccc(C(=O)N(C)CCN2CCCC2)cc1-c1nc(C)c(C)c(=O)[nH]1. The Morgan fingerprint density at radius 1 is 1.27 bits per heavy atom. The number of likely N-dealkylation sites (N-methyl/N-ethyl adjacent to an activating group) is 1. The summed E-state index contributed by atoms with van der Waals surface area (Å²) in [6.45, 7) is 9.92. The lowest BCUT2D eigenvalue weighted by Gasteiger charge is -2.22. The number of aromatic amines is 1. The number of nitrogens with one attached hydrogen (secondary N) is 1. The summed E-state index contributed by atoms with van der Waals surface area (Å²) >= 11 is 0. The van der Waals surface area contributed by atoms with E-state index in [0.29, 0.717) is 47.1 Å². The van der Waals surface area contributed by atoms with Gasteiger partial charge in [-0.2, -0.15) is 0 Å². The van der Waals surface area contributed by atoms with E-state index in [2.05, 4.69) is 14.9 Å². The van der Waals surface area contributed by atoms with E-state index in [9.17, 15) is 9.59 Å². The maximum absolute atomic E-state index is 13.0. The molecule has 7 heteroatoms. The molecule has 1 fully saturated rings. The van der Waals surface area contributed by atoms with E-state index >= 15 is 0 Å². The Hall–Kier alpha value is -2.67. The monoisotopic (exact) mass is 412 g/mol. The summed E-state index contributed by atoms with van der Waals surface area (Å²) in [5.74, 6) is 0.978. The van der Waals surface area contributed by atoms with Gasteiger partial charge < -0.3 is 19.5 Å². The number of rotatable bonds is 8. The van der Waals surface area contributed by atoms with Crippen molar-refractivity contribution in [3.8, 4) is 17.1 Å². The Labute approximate surface area is 178 Å². The smallest absolute Gasteiger partial charge is 0.254 e. The average Bonchev–Trinajstić information content (AvgIpc) is 3.27. The standard InChI is InChI=1S/C23H32N4O3/c1-5-14-30-20-9-8-18(23(29)26(4)12-13-27-10-6-7-11-27)15-19(20)21-24-17(3)16(2)22(28)25-21/h8-9,15H,5-7,10-14H2,1-4H3,(H,24,25,28). The molecule has 0 saturated carbocycles. The molecule has 2 aromatic rings. The summed E-state index contributed by atoms with van der Waals surface area (Å²) in [5.41, 5.74) is 2.25. The number of hydrogen-bond acceptors (Lipinski definition) is 5. The minimum absolute atomic E-state index is 0.0522. The molecular weight excluding hydrogens is 380 g/mol. The van der Waals surface area contributed by atoms with Gasteiger partial charge in [-0.3, -0.25) is 9.59 Å². The van der Waals surface area contributed by atoms with E-state index in [1.807, 2.05) is 20.9 Å². The van der Waals surface area contributed by atoms with Crippen molar-refractivity contribution < 1.29 is 9.53 Å². The highest BCUT2D eigenvalue weighted by Crippen LogP contribution is 2.29. The average molecular weight is 413 g/mol. The van der Waals surface area contributed by atoms with Gasteiger partial charge in [0.25, 0.3) is 11.5 Å². The topological polar surface area (TPSA) is 78.5 Å². The summed E-state index contributed by atoms with van der Waals surface area (Å²) in [4.78, 5) is 36.8. The number of hydrogen-bond donors (Lipinski definition) is 1. The highest BCUT2D eigenvalue weighted by molar-refractivity contribution is 5.95. The first-order valence-electron chi connectivity index (χ1n) is 10.7. The van der Waals surface area contributed by atoms with Crippen LogP contribution in [0.1, 0.15) is 47.8 Å². The van der Waals surface area contributed by atoms with Crippen LogP contribution >= 0.6 is 0 Å². The molecule has 0 spiro atoms. The Balaban J connectivity index is 1.88. The maximum Gasteiger partial charge on any atom is 0.254 e. The van der Waals surface area contributed by atoms with Crippen molar-refractivity contribution in [1.29, 1.82) is 0 Å². The molecule has 0 unspecified atom stereocenters. The molecule has 1 saturated heterocycles. The van der Waals surface area contributed by atoms with E-state index in [4.69, 9.17) is 4.74 Å². The molecule has 1 aromatic heterocycles. The fraction of sp³-hybridized carbons (Fsp3) is 0.522. The molecular formula is C23H32N4O3. The third-order valence-electron chi connectivity index (χ3n) is 5.64. The number of carbonyl (C=O) groups excluding carboxylic acids is 1. The zero-order chi connectivity index (χ0) is 21.7. The van der Waals surface area contributed by atoms with E-state index in [1.54, 1.807) is 30.0 Å². The van der Waals surface area contributed by atoms with E-state index in [-0.39, 0.29) is 11.5 Å². The van der Waals surface area contributed by atoms with Crippen LogP contribution < -0.4 is 10.3 Å². The second kappa shape index (κ2) is 9.89. The van der Waals surface area contributed by atoms with E-state index < -0.39 is 0 Å². The summed E-state index contributed by atoms with van der Waals surface area (Å²) in [6.07, 6.45) is 3.33. The fourth-order valence-corrected chi connectivity index (χ4v) is 3.58. The van der Waals surface area contributed by atoms with Crippen LogP contribution in [0.3, 0.4) is 0 Å². The first-order valence-corrected chi connectivity index (χ1v) is 10.7. The lowest BCUT2D eigenvalue weighted by molar-refractivity contribution is 0.0782. The van der Waals surface area contributed by atoms with Gasteiger partial charge in [-0.25, -0.2) is 4.98 Å². The van der Waals surface area contributed by atoms with Crippen LogP contribution in [-0.4, -0.2) is 65.5 Å². The molecule has 1 aliphatic rings. The number of carbonyl (C=O) groups is 1. The molecule has 0 radical (unpaired) electrons. The Morgan fingerprint density at radius 3 is 2.67 bits per heavy atom. The van der Waals surface area contributed by atoms with Gasteiger partial charge in [-0.05, 0) is 64.4 Å². The van der Waals surface area contributed by atoms with Crippen molar-refractivity contribution in [2.45, 2.75) is 40.0 Å². The Bertz CT molecular complexity index is 948. The normalized spacial score (nSPS) is 14.1. The van der Waals surface area contributed by atoms with Crippen LogP contribution in [0.25, 0.3) is 11.4 Å². The van der Waals surface area contributed by atoms with E-state index in [0.717, 1.165) is 26.1 Å². The molecule has 0 atom stereocenters. The van der Waals surface area contributed by atoms with Crippen molar-refractivity contribution in [2.24, 2.45) is 0 Å². The fourth-order valence-electron chi connectivity index (χ4n) is 3.58. The zero-order valence-corrected chi connectivity index (χ0v) is 18.5. The molecule has 0 bridgehead atoms. The second-order valence-corrected chi connectivity index (χ2v) is 7.96. The number of H-pyrrole nitrogens is 1. The first kappa shape index (κ1) is 22.0. The van der Waals surface area contributed by atoms with Gasteiger partial charge in [-0.15, -0.1) is 0 Å². The number of ether oxygens (including phenoxy) is 1. The molecule has 2 heterocycles. The third kappa shape index (κ3) is 5.08. The third-order valence-corrected chi connectivity index (χ3v) is 5.64. The molecule has 3 rings (SSSR count). The summed E-state index contributed by atoms with van der Waals surface area (Å²) in [7, 11) is 1.83. The number of likely N-dealkylation sites (tertiary alicyclic amines) is 1. The number of benzene rings is 1. The number of aryl methyl sites for hydroxylation is 1. The van der Waals surface area contributed by atoms with Crippen LogP contribution in [0.2, 0.25) is 0 Å². The lowest BCUT2D eigenvalue weighted by Crippen LogP contribution is -2.35. The van der Waals surface area contributed by atoms with Gasteiger partial charge in [0.05, 0.1) is 12.2 Å². The van der Waals surface area contributed by atoms with Crippen LogP contribution in [0, 0.1) is 13.8 Å². The van der Waals surface area contributed by atoms with E-state index in [1.165, 1.54) is 12.8 Å². The van der Waals surface area contributed by atoms with Crippen LogP contribution in [0.4, 0.5) is 0 Å². The molecule has 1 aliphatic heterocycles. The second-order valence-electron chi connectivity index (χ2n) is 7.96. The predicted molar refractivity (Wildman–Crippen MR) is 118 cm³/mol. The van der Waals surface area contributed by atoms with Crippen molar-refractivity contribution in [2.75, 3.05) is 39.8 Å². The zero-order valence-electron chi connectivity index (χ0n) is 18.5. The maximum atomic E-state index is 13.0. The van der Waals surface area contributed by atoms with Gasteiger partial charge in [0.15, 0.2) is 0 Å². The largest absolute Gasteiger partial charge is 0.493 e. The van der Waals surface area contributed by atoms with Crippen LogP contribution in [0.5, 0.6) is 5.75 Å². The molecule has 1 amide bonds. The molecule has 7 nitrogen and oxygen atoms in total. The summed E-state index contributed by atoms with van der Waals surface area (Å²) < 4.78 is 5.87. The predicted octanol–water partition coefficient (Wildman–Crippen LogP) is 3.01. The van der Waals surface area contributed by atoms with Gasteiger partial charge >= 0.3 is 0 Å². The molecule has 1 aromatic carbocycles. The molecule has 0 aliphatic carbocycles. The van der Waals surface area contributed by atoms with Gasteiger partial charge in [0.2, 0.25) is 0 Å². The van der Waals surface area contributed by atoms with Crippen molar-refractivity contribution in [1.82, 2.24) is 19.8 Å². The lowest BCUT2D eigenvalue weighted by atomic mass is 10.1. The molecule has 30 heavy (non-hydrogen) atoms. The van der Waals surface area contributed by atoms with Gasteiger partial charge in [0, 0.05) is 37.0 Å². The van der Waals surface area contributed by atoms with Crippen molar-refractivity contribution in [3.05, 3.63) is 45.4 Å². The quantitative estimate of drug-likeness (QED) is 0.721. The minimum Gasteiger partial charge on any atom is -0.493 e. The summed E-state index contributed by atoms with van der Waals surface area (Å²) in [5, 5.41) is 0.